The Hall–Kier alpha value is -0.540. The Morgan fingerprint density at radius 2 is 2.40 bits per heavy atom. The van der Waals surface area contributed by atoms with E-state index in [1.54, 1.807) is 13.0 Å². The SMILES string of the molecule is C=CCNC(C)C(N)=O.Cl. The largest absolute Gasteiger partial charge is 0.368 e. The number of nitrogens with two attached hydrogens (primary N) is 1. The molecule has 0 aliphatic carbocycles. The molecule has 0 spiro atoms. The molecule has 0 aromatic carbocycles. The molecule has 0 rings (SSSR count). The van der Waals surface area contributed by atoms with Crippen molar-refractivity contribution in [3.63, 3.8) is 0 Å². The molecule has 60 valence electrons. The molecular weight excluding hydrogens is 152 g/mol. The first-order valence-electron chi connectivity index (χ1n) is 2.82. The summed E-state index contributed by atoms with van der Waals surface area (Å²) in [7, 11) is 0. The van der Waals surface area contributed by atoms with Crippen LogP contribution in [0.25, 0.3) is 0 Å². The van der Waals surface area contributed by atoms with Crippen LogP contribution in [0.5, 0.6) is 0 Å². The Labute approximate surface area is 67.1 Å². The molecule has 1 amide bonds. The first kappa shape index (κ1) is 12.2. The van der Waals surface area contributed by atoms with Crippen LogP contribution in [0, 0.1) is 0 Å². The number of halogens is 1. The second-order valence-corrected chi connectivity index (χ2v) is 1.82. The summed E-state index contributed by atoms with van der Waals surface area (Å²) >= 11 is 0. The highest BCUT2D eigenvalue weighted by Gasteiger charge is 2.03. The van der Waals surface area contributed by atoms with E-state index in [4.69, 9.17) is 5.73 Å². The molecule has 0 radical (unpaired) electrons. The second-order valence-electron chi connectivity index (χ2n) is 1.82. The van der Waals surface area contributed by atoms with Gasteiger partial charge < -0.3 is 11.1 Å². The molecule has 0 saturated carbocycles. The maximum Gasteiger partial charge on any atom is 0.234 e. The molecule has 0 aromatic rings. The molecule has 4 heteroatoms. The van der Waals surface area contributed by atoms with Crippen LogP contribution in [0.4, 0.5) is 0 Å². The Kier molecular flexibility index (Phi) is 8.00. The van der Waals surface area contributed by atoms with Gasteiger partial charge in [0.2, 0.25) is 5.91 Å². The molecule has 10 heavy (non-hydrogen) atoms. The summed E-state index contributed by atoms with van der Waals surface area (Å²) < 4.78 is 0. The van der Waals surface area contributed by atoms with Gasteiger partial charge in [-0.05, 0) is 6.92 Å². The quantitative estimate of drug-likeness (QED) is 0.578. The first-order valence-corrected chi connectivity index (χ1v) is 2.82. The van der Waals surface area contributed by atoms with Gasteiger partial charge in [0.15, 0.2) is 0 Å². The zero-order valence-corrected chi connectivity index (χ0v) is 6.78. The number of primary amides is 1. The van der Waals surface area contributed by atoms with E-state index in [1.165, 1.54) is 0 Å². The lowest BCUT2D eigenvalue weighted by atomic mass is 10.3. The van der Waals surface area contributed by atoms with E-state index in [-0.39, 0.29) is 24.4 Å². The van der Waals surface area contributed by atoms with Gasteiger partial charge in [0, 0.05) is 6.54 Å². The van der Waals surface area contributed by atoms with Crippen molar-refractivity contribution in [2.45, 2.75) is 13.0 Å². The van der Waals surface area contributed by atoms with Crippen molar-refractivity contribution in [1.29, 1.82) is 0 Å². The second kappa shape index (κ2) is 6.58. The van der Waals surface area contributed by atoms with Crippen LogP contribution in [0.15, 0.2) is 12.7 Å². The number of hydrogen-bond donors (Lipinski definition) is 2. The van der Waals surface area contributed by atoms with E-state index in [9.17, 15) is 4.79 Å². The molecular formula is C6H13ClN2O. The van der Waals surface area contributed by atoms with Crippen LogP contribution in [0.1, 0.15) is 6.92 Å². The average Bonchev–Trinajstić information content (AvgIpc) is 1.82. The van der Waals surface area contributed by atoms with Crippen LogP contribution >= 0.6 is 12.4 Å². The minimum Gasteiger partial charge on any atom is -0.368 e. The predicted octanol–water partition coefficient (Wildman–Crippen LogP) is 0.0576. The lowest BCUT2D eigenvalue weighted by Gasteiger charge is -2.05. The highest BCUT2D eigenvalue weighted by atomic mass is 35.5. The highest BCUT2D eigenvalue weighted by molar-refractivity contribution is 5.85. The molecule has 3 N–H and O–H groups in total. The molecule has 0 aliphatic rings. The Balaban J connectivity index is 0. The van der Waals surface area contributed by atoms with E-state index < -0.39 is 0 Å². The fourth-order valence-corrected chi connectivity index (χ4v) is 0.361. The fourth-order valence-electron chi connectivity index (χ4n) is 0.361. The molecule has 0 aromatic heterocycles. The zero-order valence-electron chi connectivity index (χ0n) is 5.96. The van der Waals surface area contributed by atoms with Crippen molar-refractivity contribution in [3.05, 3.63) is 12.7 Å². The monoisotopic (exact) mass is 164 g/mol. The van der Waals surface area contributed by atoms with Gasteiger partial charge >= 0.3 is 0 Å². The first-order chi connectivity index (χ1) is 4.18. The van der Waals surface area contributed by atoms with E-state index in [2.05, 4.69) is 11.9 Å². The predicted molar refractivity (Wildman–Crippen MR) is 44.1 cm³/mol. The Morgan fingerprint density at radius 3 is 2.70 bits per heavy atom. The fraction of sp³-hybridized carbons (Fsp3) is 0.500. The standard InChI is InChI=1S/C6H12N2O.ClH/c1-3-4-8-5(2)6(7)9;/h3,5,8H,1,4H2,2H3,(H2,7,9);1H. The van der Waals surface area contributed by atoms with Crippen LogP contribution in [0.2, 0.25) is 0 Å². The number of carbonyl (C=O) groups is 1. The number of nitrogens with one attached hydrogen (secondary N) is 1. The van der Waals surface area contributed by atoms with E-state index in [1.807, 2.05) is 0 Å². The molecule has 1 unspecified atom stereocenters. The maximum atomic E-state index is 10.3. The molecule has 0 heterocycles. The van der Waals surface area contributed by atoms with Crippen molar-refractivity contribution in [1.82, 2.24) is 5.32 Å². The minimum absolute atomic E-state index is 0. The van der Waals surface area contributed by atoms with Crippen molar-refractivity contribution in [2.75, 3.05) is 6.54 Å². The summed E-state index contributed by atoms with van der Waals surface area (Å²) in [6.45, 7) is 5.81. The summed E-state index contributed by atoms with van der Waals surface area (Å²) in [5, 5.41) is 2.84. The lowest BCUT2D eigenvalue weighted by molar-refractivity contribution is -0.119. The van der Waals surface area contributed by atoms with Gasteiger partial charge in [0.05, 0.1) is 6.04 Å². The smallest absolute Gasteiger partial charge is 0.234 e. The molecule has 0 bridgehead atoms. The van der Waals surface area contributed by atoms with Gasteiger partial charge in [-0.2, -0.15) is 0 Å². The number of amides is 1. The van der Waals surface area contributed by atoms with Crippen LogP contribution in [0.3, 0.4) is 0 Å². The van der Waals surface area contributed by atoms with Crippen LogP contribution in [-0.4, -0.2) is 18.5 Å². The summed E-state index contributed by atoms with van der Waals surface area (Å²) in [6.07, 6.45) is 1.68. The highest BCUT2D eigenvalue weighted by Crippen LogP contribution is 1.75. The molecule has 1 atom stereocenters. The minimum atomic E-state index is -0.336. The summed E-state index contributed by atoms with van der Waals surface area (Å²) in [5.74, 6) is -0.336. The zero-order chi connectivity index (χ0) is 7.28. The lowest BCUT2D eigenvalue weighted by Crippen LogP contribution is -2.38. The van der Waals surface area contributed by atoms with Crippen molar-refractivity contribution < 1.29 is 4.79 Å². The van der Waals surface area contributed by atoms with E-state index in [0.29, 0.717) is 6.54 Å². The van der Waals surface area contributed by atoms with Crippen LogP contribution < -0.4 is 11.1 Å². The van der Waals surface area contributed by atoms with Crippen molar-refractivity contribution in [3.8, 4) is 0 Å². The number of rotatable bonds is 4. The van der Waals surface area contributed by atoms with Gasteiger partial charge in [-0.1, -0.05) is 6.08 Å². The molecule has 0 aliphatic heterocycles. The Morgan fingerprint density at radius 1 is 1.90 bits per heavy atom. The van der Waals surface area contributed by atoms with Gasteiger partial charge in [-0.25, -0.2) is 0 Å². The number of hydrogen-bond acceptors (Lipinski definition) is 2. The van der Waals surface area contributed by atoms with Crippen LogP contribution in [-0.2, 0) is 4.79 Å². The van der Waals surface area contributed by atoms with E-state index in [0.717, 1.165) is 0 Å². The summed E-state index contributed by atoms with van der Waals surface area (Å²) in [5.41, 5.74) is 4.94. The molecule has 3 nitrogen and oxygen atoms in total. The van der Waals surface area contributed by atoms with Gasteiger partial charge in [-0.15, -0.1) is 19.0 Å². The van der Waals surface area contributed by atoms with Gasteiger partial charge in [-0.3, -0.25) is 4.79 Å². The van der Waals surface area contributed by atoms with Gasteiger partial charge in [0.25, 0.3) is 0 Å². The topological polar surface area (TPSA) is 55.1 Å². The maximum absolute atomic E-state index is 10.3. The van der Waals surface area contributed by atoms with Crippen molar-refractivity contribution in [2.24, 2.45) is 5.73 Å². The summed E-state index contributed by atoms with van der Waals surface area (Å²) in [6, 6.07) is -0.261. The third kappa shape index (κ3) is 5.59. The van der Waals surface area contributed by atoms with Gasteiger partial charge in [0.1, 0.15) is 0 Å². The normalized spacial score (nSPS) is 11.3. The van der Waals surface area contributed by atoms with Crippen molar-refractivity contribution >= 4 is 18.3 Å². The average molecular weight is 165 g/mol. The molecule has 0 fully saturated rings. The molecule has 0 saturated heterocycles. The van der Waals surface area contributed by atoms with E-state index >= 15 is 0 Å². The summed E-state index contributed by atoms with van der Waals surface area (Å²) in [4.78, 5) is 10.3. The third-order valence-corrected chi connectivity index (χ3v) is 0.995. The number of carbonyl (C=O) groups excluding carboxylic acids is 1. The Bertz CT molecular complexity index is 116. The third-order valence-electron chi connectivity index (χ3n) is 0.995.